The molecule has 2 N–H and O–H groups in total. The van der Waals surface area contributed by atoms with Gasteiger partial charge in [-0.15, -0.1) is 0 Å². The fraction of sp³-hybridized carbons (Fsp3) is 0.667. The Morgan fingerprint density at radius 3 is 2.38 bits per heavy atom. The van der Waals surface area contributed by atoms with Gasteiger partial charge in [0.25, 0.3) is 0 Å². The SMILES string of the molecule is CC(C)C[C@H](NC(=O)C1CC=CC1)C(=O)O. The van der Waals surface area contributed by atoms with E-state index in [1.54, 1.807) is 0 Å². The largest absolute Gasteiger partial charge is 0.480 e. The molecule has 0 aromatic heterocycles. The molecule has 4 heteroatoms. The Labute approximate surface area is 95.7 Å². The molecule has 0 radical (unpaired) electrons. The third-order valence-corrected chi connectivity index (χ3v) is 2.70. The first-order chi connectivity index (χ1) is 7.50. The van der Waals surface area contributed by atoms with Crippen LogP contribution in [0.25, 0.3) is 0 Å². The van der Waals surface area contributed by atoms with E-state index in [0.717, 1.165) is 12.8 Å². The van der Waals surface area contributed by atoms with E-state index in [-0.39, 0.29) is 17.7 Å². The molecule has 0 saturated carbocycles. The summed E-state index contributed by atoms with van der Waals surface area (Å²) in [4.78, 5) is 22.7. The highest BCUT2D eigenvalue weighted by atomic mass is 16.4. The van der Waals surface area contributed by atoms with E-state index in [1.165, 1.54) is 0 Å². The molecule has 0 saturated heterocycles. The molecule has 1 atom stereocenters. The molecule has 0 aliphatic heterocycles. The number of nitrogens with one attached hydrogen (secondary N) is 1. The fourth-order valence-corrected chi connectivity index (χ4v) is 1.81. The van der Waals surface area contributed by atoms with Gasteiger partial charge in [-0.05, 0) is 25.2 Å². The number of carbonyl (C=O) groups excluding carboxylic acids is 1. The minimum Gasteiger partial charge on any atom is -0.480 e. The van der Waals surface area contributed by atoms with E-state index in [0.29, 0.717) is 6.42 Å². The Kier molecular flexibility index (Phi) is 4.52. The van der Waals surface area contributed by atoms with Crippen LogP contribution in [-0.2, 0) is 9.59 Å². The zero-order valence-electron chi connectivity index (χ0n) is 9.77. The van der Waals surface area contributed by atoms with Crippen molar-refractivity contribution in [1.82, 2.24) is 5.32 Å². The second kappa shape index (κ2) is 5.68. The van der Waals surface area contributed by atoms with Crippen molar-refractivity contribution in [3.8, 4) is 0 Å². The molecule has 0 aromatic rings. The Bertz CT molecular complexity index is 289. The van der Waals surface area contributed by atoms with Crippen LogP contribution in [0.3, 0.4) is 0 Å². The third kappa shape index (κ3) is 3.68. The molecule has 0 fully saturated rings. The predicted molar refractivity (Wildman–Crippen MR) is 60.9 cm³/mol. The van der Waals surface area contributed by atoms with Crippen LogP contribution >= 0.6 is 0 Å². The van der Waals surface area contributed by atoms with Gasteiger partial charge in [0.05, 0.1) is 0 Å². The van der Waals surface area contributed by atoms with Crippen LogP contribution in [0, 0.1) is 11.8 Å². The maximum Gasteiger partial charge on any atom is 0.326 e. The van der Waals surface area contributed by atoms with Gasteiger partial charge in [0.1, 0.15) is 6.04 Å². The van der Waals surface area contributed by atoms with Crippen molar-refractivity contribution in [2.45, 2.75) is 39.2 Å². The highest BCUT2D eigenvalue weighted by Crippen LogP contribution is 2.18. The predicted octanol–water partition coefficient (Wildman–Crippen LogP) is 1.57. The van der Waals surface area contributed by atoms with Crippen molar-refractivity contribution in [3.63, 3.8) is 0 Å². The number of rotatable bonds is 5. The van der Waals surface area contributed by atoms with Gasteiger partial charge in [0.15, 0.2) is 0 Å². The first-order valence-electron chi connectivity index (χ1n) is 5.69. The molecular weight excluding hydrogens is 206 g/mol. The van der Waals surface area contributed by atoms with Gasteiger partial charge in [0, 0.05) is 5.92 Å². The number of hydrogen-bond acceptors (Lipinski definition) is 2. The smallest absolute Gasteiger partial charge is 0.326 e. The van der Waals surface area contributed by atoms with Crippen molar-refractivity contribution in [1.29, 1.82) is 0 Å². The molecule has 1 aliphatic carbocycles. The standard InChI is InChI=1S/C12H19NO3/c1-8(2)7-10(12(15)16)13-11(14)9-5-3-4-6-9/h3-4,8-10H,5-7H2,1-2H3,(H,13,14)(H,15,16)/t10-/m0/s1. The summed E-state index contributed by atoms with van der Waals surface area (Å²) < 4.78 is 0. The summed E-state index contributed by atoms with van der Waals surface area (Å²) in [5.41, 5.74) is 0. The molecule has 0 unspecified atom stereocenters. The monoisotopic (exact) mass is 225 g/mol. The number of carboxylic acids is 1. The van der Waals surface area contributed by atoms with E-state index in [2.05, 4.69) is 5.32 Å². The zero-order valence-corrected chi connectivity index (χ0v) is 9.77. The fourth-order valence-electron chi connectivity index (χ4n) is 1.81. The quantitative estimate of drug-likeness (QED) is 0.698. The second-order valence-electron chi connectivity index (χ2n) is 4.67. The molecule has 0 bridgehead atoms. The normalized spacial score (nSPS) is 17.7. The molecule has 4 nitrogen and oxygen atoms in total. The summed E-state index contributed by atoms with van der Waals surface area (Å²) in [6, 6.07) is -0.756. The second-order valence-corrected chi connectivity index (χ2v) is 4.67. The van der Waals surface area contributed by atoms with Crippen LogP contribution in [0.15, 0.2) is 12.2 Å². The van der Waals surface area contributed by atoms with Gasteiger partial charge in [-0.1, -0.05) is 26.0 Å². The number of carbonyl (C=O) groups is 2. The van der Waals surface area contributed by atoms with Crippen LogP contribution < -0.4 is 5.32 Å². The van der Waals surface area contributed by atoms with E-state index in [1.807, 2.05) is 26.0 Å². The average Bonchev–Trinajstić information content (AvgIpc) is 2.68. The summed E-state index contributed by atoms with van der Waals surface area (Å²) in [6.07, 6.45) is 5.84. The number of allylic oxidation sites excluding steroid dienone is 2. The van der Waals surface area contributed by atoms with E-state index >= 15 is 0 Å². The lowest BCUT2D eigenvalue weighted by atomic mass is 10.0. The van der Waals surface area contributed by atoms with Crippen LogP contribution in [0.4, 0.5) is 0 Å². The minimum atomic E-state index is -0.951. The Morgan fingerprint density at radius 2 is 1.94 bits per heavy atom. The van der Waals surface area contributed by atoms with Crippen LogP contribution in [0.2, 0.25) is 0 Å². The van der Waals surface area contributed by atoms with Crippen molar-refractivity contribution < 1.29 is 14.7 Å². The van der Waals surface area contributed by atoms with E-state index < -0.39 is 12.0 Å². The lowest BCUT2D eigenvalue weighted by Gasteiger charge is -2.18. The number of amides is 1. The lowest BCUT2D eigenvalue weighted by molar-refractivity contribution is -0.142. The molecule has 1 rings (SSSR count). The summed E-state index contributed by atoms with van der Waals surface area (Å²) in [7, 11) is 0. The highest BCUT2D eigenvalue weighted by molar-refractivity contribution is 5.85. The topological polar surface area (TPSA) is 66.4 Å². The Hall–Kier alpha value is -1.32. The van der Waals surface area contributed by atoms with Gasteiger partial charge in [-0.2, -0.15) is 0 Å². The molecule has 16 heavy (non-hydrogen) atoms. The van der Waals surface area contributed by atoms with E-state index in [4.69, 9.17) is 5.11 Å². The first-order valence-corrected chi connectivity index (χ1v) is 5.69. The summed E-state index contributed by atoms with van der Waals surface area (Å²) in [6.45, 7) is 3.89. The molecule has 0 spiro atoms. The number of carboxylic acid groups (broad SMARTS) is 1. The van der Waals surface area contributed by atoms with Crippen LogP contribution in [0.1, 0.15) is 33.1 Å². The number of hydrogen-bond donors (Lipinski definition) is 2. The van der Waals surface area contributed by atoms with Crippen LogP contribution in [-0.4, -0.2) is 23.0 Å². The lowest BCUT2D eigenvalue weighted by Crippen LogP contribution is -2.43. The first kappa shape index (κ1) is 12.7. The van der Waals surface area contributed by atoms with Gasteiger partial charge in [0.2, 0.25) is 5.91 Å². The maximum absolute atomic E-state index is 11.7. The Morgan fingerprint density at radius 1 is 1.38 bits per heavy atom. The minimum absolute atomic E-state index is 0.0750. The van der Waals surface area contributed by atoms with Crippen molar-refractivity contribution >= 4 is 11.9 Å². The molecule has 0 aromatic carbocycles. The van der Waals surface area contributed by atoms with Crippen molar-refractivity contribution in [2.75, 3.05) is 0 Å². The summed E-state index contributed by atoms with van der Waals surface area (Å²) >= 11 is 0. The van der Waals surface area contributed by atoms with Gasteiger partial charge in [-0.25, -0.2) is 4.79 Å². The van der Waals surface area contributed by atoms with Crippen molar-refractivity contribution in [3.05, 3.63) is 12.2 Å². The third-order valence-electron chi connectivity index (χ3n) is 2.70. The van der Waals surface area contributed by atoms with Gasteiger partial charge < -0.3 is 10.4 Å². The van der Waals surface area contributed by atoms with Gasteiger partial charge in [-0.3, -0.25) is 4.79 Å². The summed E-state index contributed by atoms with van der Waals surface area (Å²) in [5, 5.41) is 11.6. The summed E-state index contributed by atoms with van der Waals surface area (Å²) in [5.74, 6) is -0.914. The van der Waals surface area contributed by atoms with Crippen LogP contribution in [0.5, 0.6) is 0 Å². The molecule has 90 valence electrons. The number of aliphatic carboxylic acids is 1. The van der Waals surface area contributed by atoms with Gasteiger partial charge >= 0.3 is 5.97 Å². The van der Waals surface area contributed by atoms with E-state index in [9.17, 15) is 9.59 Å². The molecule has 1 aliphatic rings. The average molecular weight is 225 g/mol. The van der Waals surface area contributed by atoms with Crippen molar-refractivity contribution in [2.24, 2.45) is 11.8 Å². The molecule has 1 amide bonds. The zero-order chi connectivity index (χ0) is 12.1. The maximum atomic E-state index is 11.7. The molecule has 0 heterocycles. The molecular formula is C12H19NO3. The Balaban J connectivity index is 2.47. The highest BCUT2D eigenvalue weighted by Gasteiger charge is 2.25.